The van der Waals surface area contributed by atoms with Crippen molar-refractivity contribution in [3.63, 3.8) is 0 Å². The highest BCUT2D eigenvalue weighted by Crippen LogP contribution is 2.22. The van der Waals surface area contributed by atoms with E-state index in [1.807, 2.05) is 23.2 Å². The zero-order chi connectivity index (χ0) is 18.5. The summed E-state index contributed by atoms with van der Waals surface area (Å²) in [6, 6.07) is 18.7. The van der Waals surface area contributed by atoms with Crippen molar-refractivity contribution in [1.82, 2.24) is 9.88 Å². The lowest BCUT2D eigenvalue weighted by molar-refractivity contribution is -0.138. The number of nitrogens with zero attached hydrogens (tertiary/aromatic N) is 2. The van der Waals surface area contributed by atoms with Crippen molar-refractivity contribution in [2.75, 3.05) is 19.7 Å². The van der Waals surface area contributed by atoms with Crippen molar-refractivity contribution in [3.8, 4) is 0 Å². The molecule has 1 atom stereocenters. The molecule has 0 N–H and O–H groups in total. The summed E-state index contributed by atoms with van der Waals surface area (Å²) < 4.78 is 5.97. The topological polar surface area (TPSA) is 42.4 Å². The van der Waals surface area contributed by atoms with Crippen molar-refractivity contribution in [1.29, 1.82) is 0 Å². The van der Waals surface area contributed by atoms with Gasteiger partial charge in [0.1, 0.15) is 0 Å². The molecular formula is C23H24N2O2. The third-order valence-corrected chi connectivity index (χ3v) is 5.17. The molecule has 1 saturated heterocycles. The molecule has 1 unspecified atom stereocenters. The minimum atomic E-state index is 0.0481. The molecule has 4 nitrogen and oxygen atoms in total. The number of pyridine rings is 1. The number of carbonyl (C=O) groups is 1. The molecule has 3 aromatic rings. The van der Waals surface area contributed by atoms with Gasteiger partial charge in [0, 0.05) is 38.3 Å². The Bertz CT molecular complexity index is 905. The summed E-state index contributed by atoms with van der Waals surface area (Å²) in [6.07, 6.45) is 5.71. The molecule has 0 radical (unpaired) electrons. The van der Waals surface area contributed by atoms with Gasteiger partial charge in [-0.25, -0.2) is 0 Å². The van der Waals surface area contributed by atoms with Crippen LogP contribution in [0.5, 0.6) is 0 Å². The number of hydrogen-bond donors (Lipinski definition) is 0. The molecule has 2 heterocycles. The van der Waals surface area contributed by atoms with E-state index >= 15 is 0 Å². The second kappa shape index (κ2) is 8.31. The van der Waals surface area contributed by atoms with Gasteiger partial charge >= 0.3 is 0 Å². The Morgan fingerprint density at radius 3 is 2.89 bits per heavy atom. The van der Waals surface area contributed by atoms with E-state index in [4.69, 9.17) is 4.74 Å². The summed E-state index contributed by atoms with van der Waals surface area (Å²) in [4.78, 5) is 18.7. The maximum atomic E-state index is 12.6. The fourth-order valence-electron chi connectivity index (χ4n) is 3.74. The number of aromatic nitrogens is 1. The number of morpholine rings is 1. The maximum absolute atomic E-state index is 12.6. The second-order valence-corrected chi connectivity index (χ2v) is 7.04. The lowest BCUT2D eigenvalue weighted by Gasteiger charge is -2.33. The maximum Gasteiger partial charge on any atom is 0.223 e. The molecule has 0 saturated carbocycles. The number of benzene rings is 2. The molecule has 1 amide bonds. The fourth-order valence-corrected chi connectivity index (χ4v) is 3.74. The summed E-state index contributed by atoms with van der Waals surface area (Å²) in [5.74, 6) is 0.199. The van der Waals surface area contributed by atoms with E-state index in [1.165, 1.54) is 16.3 Å². The van der Waals surface area contributed by atoms with Crippen LogP contribution >= 0.6 is 0 Å². The quantitative estimate of drug-likeness (QED) is 0.698. The van der Waals surface area contributed by atoms with Gasteiger partial charge in [0.2, 0.25) is 5.91 Å². The molecule has 1 fully saturated rings. The molecule has 2 aromatic carbocycles. The summed E-state index contributed by atoms with van der Waals surface area (Å²) in [5, 5.41) is 2.51. The molecule has 4 heteroatoms. The normalized spacial score (nSPS) is 17.2. The zero-order valence-corrected chi connectivity index (χ0v) is 15.4. The highest BCUT2D eigenvalue weighted by Gasteiger charge is 2.24. The minimum absolute atomic E-state index is 0.0481. The van der Waals surface area contributed by atoms with Crippen molar-refractivity contribution in [2.45, 2.75) is 25.4 Å². The second-order valence-electron chi connectivity index (χ2n) is 7.04. The van der Waals surface area contributed by atoms with Gasteiger partial charge in [0.05, 0.1) is 12.7 Å². The Morgan fingerprint density at radius 1 is 1.11 bits per heavy atom. The van der Waals surface area contributed by atoms with Gasteiger partial charge in [-0.2, -0.15) is 0 Å². The van der Waals surface area contributed by atoms with Crippen molar-refractivity contribution < 1.29 is 9.53 Å². The van der Waals surface area contributed by atoms with Gasteiger partial charge < -0.3 is 9.64 Å². The van der Waals surface area contributed by atoms with Crippen molar-refractivity contribution in [3.05, 3.63) is 78.1 Å². The molecular weight excluding hydrogens is 336 g/mol. The first kappa shape index (κ1) is 17.7. The Kier molecular flexibility index (Phi) is 5.45. The number of amides is 1. The fraction of sp³-hybridized carbons (Fsp3) is 0.304. The molecule has 1 aromatic heterocycles. The first-order valence-electron chi connectivity index (χ1n) is 9.54. The molecule has 0 spiro atoms. The molecule has 1 aliphatic heterocycles. The van der Waals surface area contributed by atoms with E-state index in [0.29, 0.717) is 26.1 Å². The number of aryl methyl sites for hydroxylation is 1. The van der Waals surface area contributed by atoms with Crippen LogP contribution in [-0.2, 0) is 22.4 Å². The monoisotopic (exact) mass is 360 g/mol. The van der Waals surface area contributed by atoms with Gasteiger partial charge in [-0.05, 0) is 34.4 Å². The average Bonchev–Trinajstić information content (AvgIpc) is 2.73. The number of carbonyl (C=O) groups excluding carboxylic acids is 1. The largest absolute Gasteiger partial charge is 0.374 e. The Labute approximate surface area is 159 Å². The number of rotatable bonds is 5. The molecule has 1 aliphatic rings. The van der Waals surface area contributed by atoms with Gasteiger partial charge in [0.15, 0.2) is 0 Å². The van der Waals surface area contributed by atoms with E-state index in [-0.39, 0.29) is 12.0 Å². The standard InChI is InChI=1S/C23H24N2O2/c26-23(11-10-18-5-4-12-24-16-18)25-13-14-27-21(17-25)15-20-8-3-7-19-6-1-2-9-22(19)20/h1-9,12,16,21H,10-11,13-15,17H2. The van der Waals surface area contributed by atoms with Crippen LogP contribution < -0.4 is 0 Å². The molecule has 138 valence electrons. The van der Waals surface area contributed by atoms with Gasteiger partial charge in [-0.1, -0.05) is 48.5 Å². The smallest absolute Gasteiger partial charge is 0.223 e. The van der Waals surface area contributed by atoms with Crippen LogP contribution in [0.4, 0.5) is 0 Å². The summed E-state index contributed by atoms with van der Waals surface area (Å²) in [5.41, 5.74) is 2.38. The highest BCUT2D eigenvalue weighted by molar-refractivity contribution is 5.85. The predicted molar refractivity (Wildman–Crippen MR) is 107 cm³/mol. The van der Waals surface area contributed by atoms with Crippen molar-refractivity contribution >= 4 is 16.7 Å². The van der Waals surface area contributed by atoms with E-state index in [2.05, 4.69) is 47.4 Å². The molecule has 4 rings (SSSR count). The minimum Gasteiger partial charge on any atom is -0.374 e. The summed E-state index contributed by atoms with van der Waals surface area (Å²) >= 11 is 0. The van der Waals surface area contributed by atoms with E-state index < -0.39 is 0 Å². The van der Waals surface area contributed by atoms with E-state index in [9.17, 15) is 4.79 Å². The number of ether oxygens (including phenoxy) is 1. The lowest BCUT2D eigenvalue weighted by atomic mass is 9.99. The third-order valence-electron chi connectivity index (χ3n) is 5.17. The van der Waals surface area contributed by atoms with E-state index in [0.717, 1.165) is 18.4 Å². The average molecular weight is 360 g/mol. The first-order chi connectivity index (χ1) is 13.3. The van der Waals surface area contributed by atoms with Crippen LogP contribution in [0.1, 0.15) is 17.5 Å². The SMILES string of the molecule is O=C(CCc1cccnc1)N1CCOC(Cc2cccc3ccccc23)C1. The van der Waals surface area contributed by atoms with Crippen LogP contribution in [-0.4, -0.2) is 41.6 Å². The van der Waals surface area contributed by atoms with Crippen LogP contribution in [0.15, 0.2) is 67.0 Å². The van der Waals surface area contributed by atoms with Gasteiger partial charge in [-0.15, -0.1) is 0 Å². The molecule has 0 aliphatic carbocycles. The van der Waals surface area contributed by atoms with Crippen LogP contribution in [0.2, 0.25) is 0 Å². The van der Waals surface area contributed by atoms with Crippen LogP contribution in [0.25, 0.3) is 10.8 Å². The Hall–Kier alpha value is -2.72. The number of fused-ring (bicyclic) bond motifs is 1. The van der Waals surface area contributed by atoms with Crippen LogP contribution in [0, 0.1) is 0 Å². The molecule has 27 heavy (non-hydrogen) atoms. The number of hydrogen-bond acceptors (Lipinski definition) is 3. The highest BCUT2D eigenvalue weighted by atomic mass is 16.5. The third kappa shape index (κ3) is 4.34. The Morgan fingerprint density at radius 2 is 2.00 bits per heavy atom. The van der Waals surface area contributed by atoms with Gasteiger partial charge in [-0.3, -0.25) is 9.78 Å². The summed E-state index contributed by atoms with van der Waals surface area (Å²) in [7, 11) is 0. The summed E-state index contributed by atoms with van der Waals surface area (Å²) in [6.45, 7) is 1.95. The van der Waals surface area contributed by atoms with Crippen LogP contribution in [0.3, 0.4) is 0 Å². The van der Waals surface area contributed by atoms with E-state index in [1.54, 1.807) is 6.20 Å². The predicted octanol–water partition coefficient (Wildman–Crippen LogP) is 3.64. The van der Waals surface area contributed by atoms with Crippen molar-refractivity contribution in [2.24, 2.45) is 0 Å². The first-order valence-corrected chi connectivity index (χ1v) is 9.54. The molecule has 0 bridgehead atoms. The Balaban J connectivity index is 1.38. The zero-order valence-electron chi connectivity index (χ0n) is 15.4. The lowest BCUT2D eigenvalue weighted by Crippen LogP contribution is -2.46. The van der Waals surface area contributed by atoms with Gasteiger partial charge in [0.25, 0.3) is 0 Å².